The summed E-state index contributed by atoms with van der Waals surface area (Å²) < 4.78 is 6.87. The Morgan fingerprint density at radius 3 is 2.62 bits per heavy atom. The van der Waals surface area contributed by atoms with Crippen molar-refractivity contribution in [2.45, 2.75) is 6.54 Å². The molecule has 6 nitrogen and oxygen atoms in total. The SMILES string of the molecule is O=C(/C=C/c1nc2ccccc2o1)N1CC[NH+](Cc2nc3ccccc3s2)CC1. The number of oxazole rings is 1. The summed E-state index contributed by atoms with van der Waals surface area (Å²) in [5, 5.41) is 1.16. The number of hydrogen-bond donors (Lipinski definition) is 1. The number of carbonyl (C=O) groups excluding carboxylic acids is 1. The second-order valence-corrected chi connectivity index (χ2v) is 8.30. The number of aromatic nitrogens is 2. The van der Waals surface area contributed by atoms with E-state index in [1.807, 2.05) is 35.2 Å². The second kappa shape index (κ2) is 7.77. The van der Waals surface area contributed by atoms with Crippen molar-refractivity contribution in [3.05, 3.63) is 65.5 Å². The number of amides is 1. The third-order valence-electron chi connectivity index (χ3n) is 5.20. The van der Waals surface area contributed by atoms with Gasteiger partial charge in [0.05, 0.1) is 36.4 Å². The van der Waals surface area contributed by atoms with Crippen LogP contribution < -0.4 is 4.90 Å². The number of carbonyl (C=O) groups is 1. The van der Waals surface area contributed by atoms with Gasteiger partial charge in [0.2, 0.25) is 11.8 Å². The van der Waals surface area contributed by atoms with Crippen LogP contribution in [0.25, 0.3) is 27.4 Å². The molecule has 0 bridgehead atoms. The van der Waals surface area contributed by atoms with Crippen molar-refractivity contribution >= 4 is 44.6 Å². The van der Waals surface area contributed by atoms with Gasteiger partial charge in [-0.1, -0.05) is 24.3 Å². The number of benzene rings is 2. The Balaban J connectivity index is 1.17. The number of rotatable bonds is 4. The van der Waals surface area contributed by atoms with Crippen molar-refractivity contribution in [3.8, 4) is 0 Å². The molecule has 0 unspecified atom stereocenters. The van der Waals surface area contributed by atoms with Crippen LogP contribution in [0, 0.1) is 0 Å². The maximum Gasteiger partial charge on any atom is 0.247 e. The van der Waals surface area contributed by atoms with E-state index in [-0.39, 0.29) is 5.91 Å². The van der Waals surface area contributed by atoms with Gasteiger partial charge in [-0.3, -0.25) is 4.79 Å². The zero-order chi connectivity index (χ0) is 19.6. The molecule has 2 aromatic heterocycles. The number of para-hydroxylation sites is 3. The average Bonchev–Trinajstić information content (AvgIpc) is 3.35. The lowest BCUT2D eigenvalue weighted by Crippen LogP contribution is -3.13. The molecule has 0 atom stereocenters. The molecule has 1 fully saturated rings. The molecule has 3 heterocycles. The number of fused-ring (bicyclic) bond motifs is 2. The fourth-order valence-electron chi connectivity index (χ4n) is 3.64. The van der Waals surface area contributed by atoms with E-state index in [1.54, 1.807) is 23.5 Å². The van der Waals surface area contributed by atoms with Gasteiger partial charge in [0.15, 0.2) is 5.58 Å². The Bertz CT molecular complexity index is 1120. The highest BCUT2D eigenvalue weighted by Crippen LogP contribution is 2.20. The first-order chi connectivity index (χ1) is 14.2. The summed E-state index contributed by atoms with van der Waals surface area (Å²) in [5.41, 5.74) is 2.60. The summed E-state index contributed by atoms with van der Waals surface area (Å²) in [6.07, 6.45) is 3.21. The molecule has 1 saturated heterocycles. The largest absolute Gasteiger partial charge is 0.437 e. The van der Waals surface area contributed by atoms with Crippen molar-refractivity contribution in [2.24, 2.45) is 0 Å². The Hall–Kier alpha value is -3.03. The van der Waals surface area contributed by atoms with E-state index in [0.717, 1.165) is 54.3 Å². The number of nitrogens with one attached hydrogen (secondary N) is 1. The van der Waals surface area contributed by atoms with E-state index in [0.29, 0.717) is 5.89 Å². The monoisotopic (exact) mass is 405 g/mol. The van der Waals surface area contributed by atoms with Crippen LogP contribution in [-0.2, 0) is 11.3 Å². The van der Waals surface area contributed by atoms with E-state index in [9.17, 15) is 4.79 Å². The highest BCUT2D eigenvalue weighted by Gasteiger charge is 2.23. The molecule has 0 radical (unpaired) electrons. The van der Waals surface area contributed by atoms with Crippen molar-refractivity contribution < 1.29 is 14.1 Å². The molecule has 0 aliphatic carbocycles. The standard InChI is InChI=1S/C22H20N4O2S/c27-22(10-9-20-23-16-5-1-3-7-18(16)28-20)26-13-11-25(12-14-26)15-21-24-17-6-2-4-8-19(17)29-21/h1-10H,11-15H2/p+1/b10-9+. The lowest BCUT2D eigenvalue weighted by Gasteiger charge is -2.31. The van der Waals surface area contributed by atoms with Crippen molar-refractivity contribution in [1.82, 2.24) is 14.9 Å². The fraction of sp³-hybridized carbons (Fsp3) is 0.227. The van der Waals surface area contributed by atoms with E-state index in [4.69, 9.17) is 9.40 Å². The molecular formula is C22H21N4O2S+. The molecule has 4 aromatic rings. The predicted octanol–water partition coefficient (Wildman–Crippen LogP) is 2.38. The molecule has 1 N–H and O–H groups in total. The molecule has 5 rings (SSSR count). The summed E-state index contributed by atoms with van der Waals surface area (Å²) in [6.45, 7) is 4.27. The van der Waals surface area contributed by atoms with E-state index < -0.39 is 0 Å². The lowest BCUT2D eigenvalue weighted by atomic mass is 10.3. The Kier molecular flexibility index (Phi) is 4.83. The van der Waals surface area contributed by atoms with Gasteiger partial charge in [0, 0.05) is 12.2 Å². The number of hydrogen-bond acceptors (Lipinski definition) is 5. The van der Waals surface area contributed by atoms with Crippen LogP contribution in [0.15, 0.2) is 59.0 Å². The third-order valence-corrected chi connectivity index (χ3v) is 6.24. The van der Waals surface area contributed by atoms with Crippen LogP contribution in [0.4, 0.5) is 0 Å². The first kappa shape index (κ1) is 18.0. The van der Waals surface area contributed by atoms with Gasteiger partial charge in [-0.05, 0) is 24.3 Å². The molecule has 1 aliphatic rings. The van der Waals surface area contributed by atoms with Gasteiger partial charge < -0.3 is 14.2 Å². The Labute approximate surface area is 172 Å². The highest BCUT2D eigenvalue weighted by atomic mass is 32.1. The molecule has 146 valence electrons. The zero-order valence-corrected chi connectivity index (χ0v) is 16.7. The first-order valence-electron chi connectivity index (χ1n) is 9.75. The molecule has 7 heteroatoms. The topological polar surface area (TPSA) is 63.7 Å². The minimum atomic E-state index is 0.00583. The molecule has 29 heavy (non-hydrogen) atoms. The summed E-state index contributed by atoms with van der Waals surface area (Å²) in [7, 11) is 0. The van der Waals surface area contributed by atoms with Crippen LogP contribution in [0.3, 0.4) is 0 Å². The van der Waals surface area contributed by atoms with Crippen LogP contribution in [0.1, 0.15) is 10.9 Å². The number of piperazine rings is 1. The van der Waals surface area contributed by atoms with Crippen molar-refractivity contribution in [2.75, 3.05) is 26.2 Å². The summed E-state index contributed by atoms with van der Waals surface area (Å²) in [5.74, 6) is 0.464. The minimum absolute atomic E-state index is 0.00583. The molecule has 0 saturated carbocycles. The Morgan fingerprint density at radius 1 is 1.07 bits per heavy atom. The molecule has 1 aliphatic heterocycles. The third kappa shape index (κ3) is 3.92. The van der Waals surface area contributed by atoms with E-state index in [1.165, 1.54) is 9.60 Å². The molecule has 0 spiro atoms. The zero-order valence-electron chi connectivity index (χ0n) is 15.9. The summed E-state index contributed by atoms with van der Waals surface area (Å²) in [6, 6.07) is 15.8. The maximum absolute atomic E-state index is 12.5. The van der Waals surface area contributed by atoms with Gasteiger partial charge in [0.1, 0.15) is 17.1 Å². The van der Waals surface area contributed by atoms with Crippen LogP contribution in [0.2, 0.25) is 0 Å². The minimum Gasteiger partial charge on any atom is -0.437 e. The van der Waals surface area contributed by atoms with Crippen molar-refractivity contribution in [1.29, 1.82) is 0 Å². The number of nitrogens with zero attached hydrogens (tertiary/aromatic N) is 3. The normalized spacial score (nSPS) is 15.7. The highest BCUT2D eigenvalue weighted by molar-refractivity contribution is 7.18. The van der Waals surface area contributed by atoms with Gasteiger partial charge in [-0.15, -0.1) is 11.3 Å². The summed E-state index contributed by atoms with van der Waals surface area (Å²) >= 11 is 1.76. The summed E-state index contributed by atoms with van der Waals surface area (Å²) in [4.78, 5) is 25.0. The van der Waals surface area contributed by atoms with Gasteiger partial charge in [-0.2, -0.15) is 0 Å². The van der Waals surface area contributed by atoms with Crippen LogP contribution in [0.5, 0.6) is 0 Å². The van der Waals surface area contributed by atoms with Gasteiger partial charge >= 0.3 is 0 Å². The Morgan fingerprint density at radius 2 is 1.83 bits per heavy atom. The second-order valence-electron chi connectivity index (χ2n) is 7.18. The van der Waals surface area contributed by atoms with Crippen LogP contribution >= 0.6 is 11.3 Å². The maximum atomic E-state index is 12.5. The quantitative estimate of drug-likeness (QED) is 0.530. The average molecular weight is 406 g/mol. The number of quaternary nitrogens is 1. The van der Waals surface area contributed by atoms with Gasteiger partial charge in [0.25, 0.3) is 0 Å². The lowest BCUT2D eigenvalue weighted by molar-refractivity contribution is -0.917. The van der Waals surface area contributed by atoms with E-state index in [2.05, 4.69) is 23.2 Å². The van der Waals surface area contributed by atoms with E-state index >= 15 is 0 Å². The van der Waals surface area contributed by atoms with Crippen molar-refractivity contribution in [3.63, 3.8) is 0 Å². The van der Waals surface area contributed by atoms with Crippen LogP contribution in [-0.4, -0.2) is 47.0 Å². The first-order valence-corrected chi connectivity index (χ1v) is 10.6. The molecular weight excluding hydrogens is 384 g/mol. The van der Waals surface area contributed by atoms with Gasteiger partial charge in [-0.25, -0.2) is 9.97 Å². The fourth-order valence-corrected chi connectivity index (χ4v) is 4.68. The molecule has 2 aromatic carbocycles. The number of thiazole rings is 1. The molecule has 1 amide bonds. The smallest absolute Gasteiger partial charge is 0.247 e. The predicted molar refractivity (Wildman–Crippen MR) is 114 cm³/mol.